The van der Waals surface area contributed by atoms with Gasteiger partial charge < -0.3 is 14.9 Å². The number of hydrogen-bond acceptors (Lipinski definition) is 5. The van der Waals surface area contributed by atoms with Crippen LogP contribution in [0.3, 0.4) is 0 Å². The average molecular weight is 197 g/mol. The fraction of sp³-hybridized carbons (Fsp3) is 0.778. The van der Waals surface area contributed by atoms with Crippen LogP contribution in [0.15, 0.2) is 4.52 Å². The highest BCUT2D eigenvalue weighted by Crippen LogP contribution is 2.18. The van der Waals surface area contributed by atoms with Crippen LogP contribution >= 0.6 is 0 Å². The van der Waals surface area contributed by atoms with Crippen LogP contribution in [0.25, 0.3) is 0 Å². The number of aromatic nitrogens is 2. The van der Waals surface area contributed by atoms with E-state index in [0.717, 1.165) is 19.3 Å². The molecule has 0 unspecified atom stereocenters. The fourth-order valence-corrected chi connectivity index (χ4v) is 1.81. The Kier molecular flexibility index (Phi) is 2.79. The lowest BCUT2D eigenvalue weighted by molar-refractivity contribution is 0.148. The van der Waals surface area contributed by atoms with Crippen LogP contribution in [-0.4, -0.2) is 27.4 Å². The van der Waals surface area contributed by atoms with Crippen molar-refractivity contribution in [2.24, 2.45) is 0 Å². The van der Waals surface area contributed by atoms with Gasteiger partial charge in [-0.15, -0.1) is 0 Å². The number of nitrogens with zero attached hydrogens (tertiary/aromatic N) is 2. The molecule has 1 aliphatic carbocycles. The molecule has 0 spiro atoms. The van der Waals surface area contributed by atoms with Crippen LogP contribution in [0.4, 0.5) is 0 Å². The molecular formula is C9H15N3O2. The quantitative estimate of drug-likeness (QED) is 0.733. The molecule has 78 valence electrons. The van der Waals surface area contributed by atoms with E-state index in [4.69, 9.17) is 4.52 Å². The molecule has 0 saturated heterocycles. The first kappa shape index (κ1) is 9.61. The van der Waals surface area contributed by atoms with Crippen molar-refractivity contribution in [1.82, 2.24) is 15.5 Å². The van der Waals surface area contributed by atoms with Gasteiger partial charge in [0.2, 0.25) is 5.89 Å². The van der Waals surface area contributed by atoms with Gasteiger partial charge in [-0.2, -0.15) is 4.98 Å². The Morgan fingerprint density at radius 2 is 2.43 bits per heavy atom. The lowest BCUT2D eigenvalue weighted by atomic mass is 10.2. The first-order chi connectivity index (χ1) is 6.75. The summed E-state index contributed by atoms with van der Waals surface area (Å²) < 4.78 is 4.84. The summed E-state index contributed by atoms with van der Waals surface area (Å²) in [5.41, 5.74) is 0. The van der Waals surface area contributed by atoms with Gasteiger partial charge >= 0.3 is 0 Å². The van der Waals surface area contributed by atoms with Crippen molar-refractivity contribution in [2.75, 3.05) is 0 Å². The zero-order chi connectivity index (χ0) is 9.97. The standard InChI is InChI=1S/C9H15N3O2/c1-6-11-9(12-14-6)5-10-7-3-2-4-8(7)13/h7-8,10,13H,2-5H2,1H3/t7-,8-/m1/s1. The van der Waals surface area contributed by atoms with E-state index in [9.17, 15) is 5.11 Å². The molecule has 2 N–H and O–H groups in total. The molecule has 2 atom stereocenters. The summed E-state index contributed by atoms with van der Waals surface area (Å²) in [4.78, 5) is 4.07. The third-order valence-electron chi connectivity index (χ3n) is 2.57. The maximum atomic E-state index is 9.55. The first-order valence-corrected chi connectivity index (χ1v) is 4.96. The lowest BCUT2D eigenvalue weighted by Crippen LogP contribution is -2.35. The molecule has 0 aliphatic heterocycles. The van der Waals surface area contributed by atoms with Gasteiger partial charge in [0.1, 0.15) is 0 Å². The highest BCUT2D eigenvalue weighted by Gasteiger charge is 2.24. The minimum absolute atomic E-state index is 0.189. The number of rotatable bonds is 3. The third kappa shape index (κ3) is 2.10. The molecule has 5 nitrogen and oxygen atoms in total. The second-order valence-electron chi connectivity index (χ2n) is 3.72. The largest absolute Gasteiger partial charge is 0.392 e. The smallest absolute Gasteiger partial charge is 0.223 e. The summed E-state index contributed by atoms with van der Waals surface area (Å²) in [6.45, 7) is 2.33. The molecular weight excluding hydrogens is 182 g/mol. The summed E-state index contributed by atoms with van der Waals surface area (Å²) in [6, 6.07) is 0.189. The molecule has 0 bridgehead atoms. The van der Waals surface area contributed by atoms with Crippen molar-refractivity contribution in [3.63, 3.8) is 0 Å². The van der Waals surface area contributed by atoms with E-state index in [1.54, 1.807) is 6.92 Å². The van der Waals surface area contributed by atoms with E-state index in [1.165, 1.54) is 0 Å². The van der Waals surface area contributed by atoms with Crippen LogP contribution in [0, 0.1) is 6.92 Å². The predicted molar refractivity (Wildman–Crippen MR) is 49.5 cm³/mol. The van der Waals surface area contributed by atoms with Crippen LogP contribution in [0.1, 0.15) is 31.0 Å². The van der Waals surface area contributed by atoms with Crippen molar-refractivity contribution in [3.8, 4) is 0 Å². The van der Waals surface area contributed by atoms with E-state index < -0.39 is 0 Å². The van der Waals surface area contributed by atoms with Crippen molar-refractivity contribution in [2.45, 2.75) is 44.9 Å². The van der Waals surface area contributed by atoms with Crippen molar-refractivity contribution < 1.29 is 9.63 Å². The van der Waals surface area contributed by atoms with E-state index in [1.807, 2.05) is 0 Å². The Hall–Kier alpha value is -0.940. The fourth-order valence-electron chi connectivity index (χ4n) is 1.81. The van der Waals surface area contributed by atoms with Gasteiger partial charge in [0.05, 0.1) is 12.6 Å². The molecule has 14 heavy (non-hydrogen) atoms. The maximum Gasteiger partial charge on any atom is 0.223 e. The Morgan fingerprint density at radius 1 is 1.57 bits per heavy atom. The summed E-state index contributed by atoms with van der Waals surface area (Å²) in [5, 5.41) is 16.5. The molecule has 0 radical (unpaired) electrons. The van der Waals surface area contributed by atoms with Crippen molar-refractivity contribution >= 4 is 0 Å². The number of aliphatic hydroxyl groups is 1. The monoisotopic (exact) mass is 197 g/mol. The second kappa shape index (κ2) is 4.06. The normalized spacial score (nSPS) is 27.0. The molecule has 1 saturated carbocycles. The molecule has 0 aromatic carbocycles. The van der Waals surface area contributed by atoms with E-state index in [2.05, 4.69) is 15.5 Å². The topological polar surface area (TPSA) is 71.2 Å². The van der Waals surface area contributed by atoms with Gasteiger partial charge in [0.15, 0.2) is 5.82 Å². The Bertz CT molecular complexity index is 300. The lowest BCUT2D eigenvalue weighted by Gasteiger charge is -2.14. The van der Waals surface area contributed by atoms with Crippen LogP contribution < -0.4 is 5.32 Å². The zero-order valence-corrected chi connectivity index (χ0v) is 8.23. The summed E-state index contributed by atoms with van der Waals surface area (Å²) in [6.07, 6.45) is 2.79. The molecule has 2 rings (SSSR count). The maximum absolute atomic E-state index is 9.55. The molecule has 1 aliphatic rings. The molecule has 1 heterocycles. The molecule has 5 heteroatoms. The number of hydrogen-bond donors (Lipinski definition) is 2. The highest BCUT2D eigenvalue weighted by atomic mass is 16.5. The zero-order valence-electron chi connectivity index (χ0n) is 8.23. The number of aryl methyl sites for hydroxylation is 1. The minimum Gasteiger partial charge on any atom is -0.392 e. The van der Waals surface area contributed by atoms with Crippen LogP contribution in [-0.2, 0) is 6.54 Å². The molecule has 1 aromatic heterocycles. The molecule has 0 amide bonds. The van der Waals surface area contributed by atoms with Gasteiger partial charge in [-0.05, 0) is 19.3 Å². The van der Waals surface area contributed by atoms with Crippen LogP contribution in [0.5, 0.6) is 0 Å². The van der Waals surface area contributed by atoms with Crippen molar-refractivity contribution in [3.05, 3.63) is 11.7 Å². The van der Waals surface area contributed by atoms with Gasteiger partial charge in [0.25, 0.3) is 0 Å². The average Bonchev–Trinajstić information content (AvgIpc) is 2.72. The predicted octanol–water partition coefficient (Wildman–Crippen LogP) is 0.381. The summed E-state index contributed by atoms with van der Waals surface area (Å²) >= 11 is 0. The van der Waals surface area contributed by atoms with Crippen molar-refractivity contribution in [1.29, 1.82) is 0 Å². The van der Waals surface area contributed by atoms with E-state index >= 15 is 0 Å². The van der Waals surface area contributed by atoms with E-state index in [0.29, 0.717) is 18.3 Å². The minimum atomic E-state index is -0.219. The molecule has 1 fully saturated rings. The van der Waals surface area contributed by atoms with Gasteiger partial charge in [-0.3, -0.25) is 0 Å². The third-order valence-corrected chi connectivity index (χ3v) is 2.57. The number of aliphatic hydroxyl groups excluding tert-OH is 1. The summed E-state index contributed by atoms with van der Waals surface area (Å²) in [7, 11) is 0. The highest BCUT2D eigenvalue weighted by molar-refractivity contribution is 4.87. The first-order valence-electron chi connectivity index (χ1n) is 4.96. The Balaban J connectivity index is 1.82. The molecule has 1 aromatic rings. The summed E-state index contributed by atoms with van der Waals surface area (Å²) in [5.74, 6) is 1.23. The van der Waals surface area contributed by atoms with Crippen LogP contribution in [0.2, 0.25) is 0 Å². The van der Waals surface area contributed by atoms with Gasteiger partial charge in [0, 0.05) is 13.0 Å². The van der Waals surface area contributed by atoms with Gasteiger partial charge in [-0.25, -0.2) is 0 Å². The number of nitrogens with one attached hydrogen (secondary N) is 1. The van der Waals surface area contributed by atoms with Gasteiger partial charge in [-0.1, -0.05) is 5.16 Å². The van der Waals surface area contributed by atoms with E-state index in [-0.39, 0.29) is 12.1 Å². The second-order valence-corrected chi connectivity index (χ2v) is 3.72. The Morgan fingerprint density at radius 3 is 3.00 bits per heavy atom. The SMILES string of the molecule is Cc1nc(CN[C@@H]2CCC[C@H]2O)no1. The Labute approximate surface area is 82.5 Å².